The molecule has 0 saturated heterocycles. The lowest BCUT2D eigenvalue weighted by Gasteiger charge is -2.11. The maximum Gasteiger partial charge on any atom is 0.251 e. The molecule has 0 bridgehead atoms. The van der Waals surface area contributed by atoms with Crippen LogP contribution in [-0.4, -0.2) is 37.8 Å². The molecule has 0 aliphatic heterocycles. The van der Waals surface area contributed by atoms with Crippen molar-refractivity contribution >= 4 is 39.9 Å². The lowest BCUT2D eigenvalue weighted by atomic mass is 9.95. The average Bonchev–Trinajstić information content (AvgIpc) is 3.30. The van der Waals surface area contributed by atoms with Crippen LogP contribution in [0.5, 0.6) is 0 Å². The van der Waals surface area contributed by atoms with Crippen molar-refractivity contribution in [3.63, 3.8) is 0 Å². The average molecular weight is 429 g/mol. The number of thioether (sulfide) groups is 1. The summed E-state index contributed by atoms with van der Waals surface area (Å²) in [6.45, 7) is 1.97. The number of aromatic nitrogens is 4. The zero-order chi connectivity index (χ0) is 20.4. The van der Waals surface area contributed by atoms with E-state index in [0.717, 1.165) is 47.4 Å². The first-order chi connectivity index (χ1) is 14.0. The molecule has 3 aromatic rings. The molecule has 29 heavy (non-hydrogen) atoms. The number of carbonyl (C=O) groups is 2. The van der Waals surface area contributed by atoms with Gasteiger partial charge in [-0.3, -0.25) is 9.59 Å². The standard InChI is InChI=1S/C19H20N6O2S2/c1-11-6-2-4-8-13(11)25-19(22-23-24-25)28-10-15(26)21-18-16(17(20)27)12-7-3-5-9-14(12)29-18/h2,4,6,8H,3,5,7,9-10H2,1H3,(H2,20,27)(H,21,26). The number of nitrogens with one attached hydrogen (secondary N) is 1. The number of thiophene rings is 1. The van der Waals surface area contributed by atoms with Crippen molar-refractivity contribution in [3.05, 3.63) is 45.8 Å². The van der Waals surface area contributed by atoms with Gasteiger partial charge in [0.25, 0.3) is 5.91 Å². The number of rotatable bonds is 6. The minimum atomic E-state index is -0.490. The molecule has 150 valence electrons. The summed E-state index contributed by atoms with van der Waals surface area (Å²) in [7, 11) is 0. The number of anilines is 1. The number of nitrogens with two attached hydrogens (primary N) is 1. The van der Waals surface area contributed by atoms with Crippen LogP contribution in [0.3, 0.4) is 0 Å². The van der Waals surface area contributed by atoms with Crippen LogP contribution in [0.15, 0.2) is 29.4 Å². The van der Waals surface area contributed by atoms with E-state index < -0.39 is 5.91 Å². The summed E-state index contributed by atoms with van der Waals surface area (Å²) >= 11 is 2.69. The molecule has 4 rings (SSSR count). The fourth-order valence-corrected chi connectivity index (χ4v) is 5.42. The molecular formula is C19H20N6O2S2. The van der Waals surface area contributed by atoms with Gasteiger partial charge in [-0.2, -0.15) is 4.68 Å². The van der Waals surface area contributed by atoms with Crippen LogP contribution in [0.2, 0.25) is 0 Å². The first kappa shape index (κ1) is 19.6. The van der Waals surface area contributed by atoms with E-state index in [4.69, 9.17) is 5.73 Å². The minimum absolute atomic E-state index is 0.118. The Morgan fingerprint density at radius 3 is 2.86 bits per heavy atom. The lowest BCUT2D eigenvalue weighted by molar-refractivity contribution is -0.113. The van der Waals surface area contributed by atoms with Crippen LogP contribution in [0.25, 0.3) is 5.69 Å². The summed E-state index contributed by atoms with van der Waals surface area (Å²) in [5, 5.41) is 15.7. The molecule has 1 aliphatic carbocycles. The topological polar surface area (TPSA) is 116 Å². The van der Waals surface area contributed by atoms with E-state index in [9.17, 15) is 9.59 Å². The number of primary amides is 1. The summed E-state index contributed by atoms with van der Waals surface area (Å²) in [6.07, 6.45) is 3.89. The number of aryl methyl sites for hydroxylation is 2. The monoisotopic (exact) mass is 428 g/mol. The zero-order valence-corrected chi connectivity index (χ0v) is 17.5. The lowest BCUT2D eigenvalue weighted by Crippen LogP contribution is -2.19. The Morgan fingerprint density at radius 2 is 2.07 bits per heavy atom. The number of carbonyl (C=O) groups excluding carboxylic acids is 2. The van der Waals surface area contributed by atoms with E-state index in [1.165, 1.54) is 23.1 Å². The number of fused-ring (bicyclic) bond motifs is 1. The van der Waals surface area contributed by atoms with Crippen molar-refractivity contribution in [1.29, 1.82) is 0 Å². The fourth-order valence-electron chi connectivity index (χ4n) is 3.43. The number of hydrogen-bond acceptors (Lipinski definition) is 7. The highest BCUT2D eigenvalue weighted by Gasteiger charge is 2.25. The normalized spacial score (nSPS) is 13.1. The van der Waals surface area contributed by atoms with Crippen molar-refractivity contribution in [2.75, 3.05) is 11.1 Å². The van der Waals surface area contributed by atoms with E-state index >= 15 is 0 Å². The first-order valence-corrected chi connectivity index (χ1v) is 11.1. The van der Waals surface area contributed by atoms with Gasteiger partial charge in [0.15, 0.2) is 0 Å². The molecule has 3 N–H and O–H groups in total. The number of benzene rings is 1. The van der Waals surface area contributed by atoms with Crippen LogP contribution in [0.1, 0.15) is 39.2 Å². The van der Waals surface area contributed by atoms with Gasteiger partial charge >= 0.3 is 0 Å². The van der Waals surface area contributed by atoms with E-state index in [1.807, 2.05) is 31.2 Å². The van der Waals surface area contributed by atoms with Crippen LogP contribution in [-0.2, 0) is 17.6 Å². The highest BCUT2D eigenvalue weighted by Crippen LogP contribution is 2.38. The van der Waals surface area contributed by atoms with Crippen LogP contribution in [0.4, 0.5) is 5.00 Å². The predicted molar refractivity (Wildman–Crippen MR) is 113 cm³/mol. The third-order valence-electron chi connectivity index (χ3n) is 4.79. The van der Waals surface area contributed by atoms with Gasteiger partial charge in [-0.25, -0.2) is 0 Å². The molecule has 2 amide bonds. The highest BCUT2D eigenvalue weighted by molar-refractivity contribution is 7.99. The van der Waals surface area contributed by atoms with Crippen LogP contribution < -0.4 is 11.1 Å². The van der Waals surface area contributed by atoms with Crippen molar-refractivity contribution in [2.24, 2.45) is 5.73 Å². The second-order valence-electron chi connectivity index (χ2n) is 6.78. The third kappa shape index (κ3) is 4.03. The van der Waals surface area contributed by atoms with Crippen molar-refractivity contribution < 1.29 is 9.59 Å². The second-order valence-corrected chi connectivity index (χ2v) is 8.82. The number of amides is 2. The molecule has 1 aromatic carbocycles. The molecule has 2 heterocycles. The molecule has 0 radical (unpaired) electrons. The molecule has 8 nitrogen and oxygen atoms in total. The van der Waals surface area contributed by atoms with Gasteiger partial charge in [-0.15, -0.1) is 16.4 Å². The molecule has 1 aliphatic rings. The van der Waals surface area contributed by atoms with Crippen molar-refractivity contribution in [2.45, 2.75) is 37.8 Å². The molecule has 2 aromatic heterocycles. The minimum Gasteiger partial charge on any atom is -0.365 e. The summed E-state index contributed by atoms with van der Waals surface area (Å²) < 4.78 is 1.62. The van der Waals surface area contributed by atoms with Crippen molar-refractivity contribution in [1.82, 2.24) is 20.2 Å². The van der Waals surface area contributed by atoms with Crippen LogP contribution in [0, 0.1) is 6.92 Å². The van der Waals surface area contributed by atoms with Crippen molar-refractivity contribution in [3.8, 4) is 5.69 Å². The summed E-state index contributed by atoms with van der Waals surface area (Å²) in [4.78, 5) is 25.7. The summed E-state index contributed by atoms with van der Waals surface area (Å²) in [5.41, 5.74) is 8.95. The van der Waals surface area contributed by atoms with Gasteiger partial charge < -0.3 is 11.1 Å². The number of hydrogen-bond donors (Lipinski definition) is 2. The Morgan fingerprint density at radius 1 is 1.28 bits per heavy atom. The first-order valence-electron chi connectivity index (χ1n) is 9.26. The van der Waals surface area contributed by atoms with Gasteiger partial charge in [-0.05, 0) is 60.2 Å². The van der Waals surface area contributed by atoms with Gasteiger partial charge in [0, 0.05) is 4.88 Å². The number of nitrogens with zero attached hydrogens (tertiary/aromatic N) is 4. The summed E-state index contributed by atoms with van der Waals surface area (Å²) in [5.74, 6) is -0.598. The quantitative estimate of drug-likeness (QED) is 0.583. The van der Waals surface area contributed by atoms with Gasteiger partial charge in [0.1, 0.15) is 5.00 Å². The third-order valence-corrected chi connectivity index (χ3v) is 6.91. The maximum absolute atomic E-state index is 12.6. The fraction of sp³-hybridized carbons (Fsp3) is 0.316. The van der Waals surface area contributed by atoms with Gasteiger partial charge in [0.2, 0.25) is 11.1 Å². The van der Waals surface area contributed by atoms with Crippen LogP contribution >= 0.6 is 23.1 Å². The Balaban J connectivity index is 1.47. The second kappa shape index (κ2) is 8.34. The smallest absolute Gasteiger partial charge is 0.251 e. The van der Waals surface area contributed by atoms with Gasteiger partial charge in [0.05, 0.1) is 17.0 Å². The molecule has 0 unspecified atom stereocenters. The molecule has 0 spiro atoms. The molecule has 0 atom stereocenters. The number of para-hydroxylation sites is 1. The van der Waals surface area contributed by atoms with E-state index in [-0.39, 0.29) is 11.7 Å². The van der Waals surface area contributed by atoms with E-state index in [0.29, 0.717) is 15.7 Å². The van der Waals surface area contributed by atoms with Gasteiger partial charge in [-0.1, -0.05) is 30.0 Å². The Hall–Kier alpha value is -2.72. The van der Waals surface area contributed by atoms with E-state index in [1.54, 1.807) is 4.68 Å². The number of tetrazole rings is 1. The van der Waals surface area contributed by atoms with E-state index in [2.05, 4.69) is 20.8 Å². The molecular weight excluding hydrogens is 408 g/mol. The molecule has 0 saturated carbocycles. The molecule has 10 heteroatoms. The summed E-state index contributed by atoms with van der Waals surface area (Å²) in [6, 6.07) is 7.75. The molecule has 0 fully saturated rings. The highest BCUT2D eigenvalue weighted by atomic mass is 32.2. The SMILES string of the molecule is Cc1ccccc1-n1nnnc1SCC(=O)Nc1sc2c(c1C(N)=O)CCCC2. The Labute approximate surface area is 175 Å². The maximum atomic E-state index is 12.6. The zero-order valence-electron chi connectivity index (χ0n) is 15.8. The predicted octanol–water partition coefficient (Wildman–Crippen LogP) is 2.74. The largest absolute Gasteiger partial charge is 0.365 e. The Kier molecular flexibility index (Phi) is 5.63. The Bertz CT molecular complexity index is 1070.